The fraction of sp³-hybridized carbons (Fsp3) is 0.571. The van der Waals surface area contributed by atoms with Gasteiger partial charge in [0.25, 0.3) is 0 Å². The highest BCUT2D eigenvalue weighted by atomic mass is 32.2. The Hall–Kier alpha value is -0.510. The van der Waals surface area contributed by atoms with Gasteiger partial charge >= 0.3 is 0 Å². The maximum Gasteiger partial charge on any atom is 0.0594 e. The first kappa shape index (κ1) is 12.9. The summed E-state index contributed by atoms with van der Waals surface area (Å²) in [4.78, 5) is 1.43. The summed E-state index contributed by atoms with van der Waals surface area (Å²) >= 11 is 1.97. The van der Waals surface area contributed by atoms with Crippen molar-refractivity contribution in [1.29, 1.82) is 0 Å². The summed E-state index contributed by atoms with van der Waals surface area (Å²) in [6.07, 6.45) is 1.54. The molecule has 2 nitrogen and oxygen atoms in total. The predicted octanol–water partition coefficient (Wildman–Crippen LogP) is 3.24. The van der Waals surface area contributed by atoms with E-state index in [1.807, 2.05) is 11.8 Å². The topological polar surface area (TPSA) is 21.3 Å². The van der Waals surface area contributed by atoms with E-state index in [4.69, 9.17) is 4.74 Å². The maximum atomic E-state index is 5.55. The summed E-state index contributed by atoms with van der Waals surface area (Å²) in [6.45, 7) is 5.88. The standard InChI is InChI=1S/C14H21NOS/c1-11(2)16-9-8-15-13-7-10-17-14-6-4-3-5-12(13)14/h3-6,11,13,15H,7-10H2,1-2H3. The average molecular weight is 251 g/mol. The Balaban J connectivity index is 1.86. The van der Waals surface area contributed by atoms with E-state index >= 15 is 0 Å². The van der Waals surface area contributed by atoms with E-state index in [2.05, 4.69) is 43.4 Å². The minimum atomic E-state index is 0.325. The second-order valence-corrected chi connectivity index (χ2v) is 5.74. The van der Waals surface area contributed by atoms with Crippen LogP contribution in [0, 0.1) is 0 Å². The van der Waals surface area contributed by atoms with E-state index in [0.717, 1.165) is 13.2 Å². The molecule has 1 aromatic rings. The van der Waals surface area contributed by atoms with Gasteiger partial charge in [0, 0.05) is 17.5 Å². The van der Waals surface area contributed by atoms with Gasteiger partial charge in [-0.15, -0.1) is 11.8 Å². The molecule has 0 aromatic heterocycles. The molecule has 1 unspecified atom stereocenters. The molecule has 0 aliphatic carbocycles. The Morgan fingerprint density at radius 1 is 1.41 bits per heavy atom. The fourth-order valence-electron chi connectivity index (χ4n) is 2.08. The van der Waals surface area contributed by atoms with Crippen LogP contribution in [-0.2, 0) is 4.74 Å². The molecule has 0 radical (unpaired) electrons. The third-order valence-corrected chi connectivity index (χ3v) is 4.03. The number of benzene rings is 1. The van der Waals surface area contributed by atoms with E-state index in [-0.39, 0.29) is 0 Å². The van der Waals surface area contributed by atoms with Gasteiger partial charge in [-0.1, -0.05) is 18.2 Å². The zero-order chi connectivity index (χ0) is 12.1. The first-order chi connectivity index (χ1) is 8.27. The lowest BCUT2D eigenvalue weighted by molar-refractivity contribution is 0.0792. The lowest BCUT2D eigenvalue weighted by atomic mass is 10.0. The van der Waals surface area contributed by atoms with E-state index in [1.54, 1.807) is 0 Å². The summed E-state index contributed by atoms with van der Waals surface area (Å²) in [6, 6.07) is 9.21. The number of nitrogens with one attached hydrogen (secondary N) is 1. The number of hydrogen-bond acceptors (Lipinski definition) is 3. The van der Waals surface area contributed by atoms with Crippen molar-refractivity contribution >= 4 is 11.8 Å². The highest BCUT2D eigenvalue weighted by molar-refractivity contribution is 7.99. The van der Waals surface area contributed by atoms with Gasteiger partial charge in [-0.25, -0.2) is 0 Å². The Morgan fingerprint density at radius 2 is 2.24 bits per heavy atom. The van der Waals surface area contributed by atoms with Gasteiger partial charge in [0.05, 0.1) is 12.7 Å². The molecule has 1 aromatic carbocycles. The minimum absolute atomic E-state index is 0.325. The molecule has 0 bridgehead atoms. The van der Waals surface area contributed by atoms with Gasteiger partial charge in [-0.2, -0.15) is 0 Å². The summed E-state index contributed by atoms with van der Waals surface area (Å²) in [7, 11) is 0. The van der Waals surface area contributed by atoms with Gasteiger partial charge in [0.2, 0.25) is 0 Å². The molecule has 0 saturated carbocycles. The number of fused-ring (bicyclic) bond motifs is 1. The van der Waals surface area contributed by atoms with Crippen LogP contribution in [0.15, 0.2) is 29.2 Å². The summed E-state index contributed by atoms with van der Waals surface area (Å²) in [5.41, 5.74) is 1.45. The fourth-order valence-corrected chi connectivity index (χ4v) is 3.21. The van der Waals surface area contributed by atoms with E-state index in [9.17, 15) is 0 Å². The Bertz CT molecular complexity index is 354. The number of thioether (sulfide) groups is 1. The number of hydrogen-bond donors (Lipinski definition) is 1. The first-order valence-electron chi connectivity index (χ1n) is 6.34. The summed E-state index contributed by atoms with van der Waals surface area (Å²) < 4.78 is 5.55. The van der Waals surface area contributed by atoms with Crippen molar-refractivity contribution < 1.29 is 4.74 Å². The quantitative estimate of drug-likeness (QED) is 0.812. The van der Waals surface area contributed by atoms with E-state index in [1.165, 1.54) is 22.6 Å². The van der Waals surface area contributed by atoms with Crippen LogP contribution >= 0.6 is 11.8 Å². The van der Waals surface area contributed by atoms with Gasteiger partial charge in [0.15, 0.2) is 0 Å². The molecule has 94 valence electrons. The molecule has 1 atom stereocenters. The highest BCUT2D eigenvalue weighted by Crippen LogP contribution is 2.35. The van der Waals surface area contributed by atoms with Crippen LogP contribution in [0.1, 0.15) is 31.9 Å². The minimum Gasteiger partial charge on any atom is -0.377 e. The van der Waals surface area contributed by atoms with Crippen molar-refractivity contribution in [3.05, 3.63) is 29.8 Å². The van der Waals surface area contributed by atoms with Gasteiger partial charge < -0.3 is 10.1 Å². The molecule has 3 heteroatoms. The van der Waals surface area contributed by atoms with Gasteiger partial charge in [-0.3, -0.25) is 0 Å². The molecule has 0 saturated heterocycles. The predicted molar refractivity (Wildman–Crippen MR) is 73.6 cm³/mol. The van der Waals surface area contributed by atoms with E-state index < -0.39 is 0 Å². The molecule has 1 heterocycles. The Labute approximate surface area is 108 Å². The summed E-state index contributed by atoms with van der Waals surface area (Å²) in [5, 5.41) is 3.59. The molecule has 2 rings (SSSR count). The third kappa shape index (κ3) is 3.73. The number of ether oxygens (including phenoxy) is 1. The van der Waals surface area contributed by atoms with Crippen molar-refractivity contribution in [2.24, 2.45) is 0 Å². The lowest BCUT2D eigenvalue weighted by Gasteiger charge is -2.26. The van der Waals surface area contributed by atoms with Crippen LogP contribution in [0.25, 0.3) is 0 Å². The molecule has 0 spiro atoms. The van der Waals surface area contributed by atoms with Crippen LogP contribution in [0.4, 0.5) is 0 Å². The molecular weight excluding hydrogens is 230 g/mol. The van der Waals surface area contributed by atoms with Crippen LogP contribution in [0.5, 0.6) is 0 Å². The molecule has 1 aliphatic rings. The lowest BCUT2D eigenvalue weighted by Crippen LogP contribution is -2.28. The van der Waals surface area contributed by atoms with Crippen molar-refractivity contribution in [3.63, 3.8) is 0 Å². The SMILES string of the molecule is CC(C)OCCNC1CCSc2ccccc21. The third-order valence-electron chi connectivity index (χ3n) is 2.90. The molecule has 0 amide bonds. The molecule has 0 fully saturated rings. The van der Waals surface area contributed by atoms with Crippen LogP contribution in [0.2, 0.25) is 0 Å². The zero-order valence-electron chi connectivity index (χ0n) is 10.6. The van der Waals surface area contributed by atoms with Gasteiger partial charge in [0.1, 0.15) is 0 Å². The monoisotopic (exact) mass is 251 g/mol. The molecule has 1 N–H and O–H groups in total. The molecule has 17 heavy (non-hydrogen) atoms. The van der Waals surface area contributed by atoms with Crippen molar-refractivity contribution in [1.82, 2.24) is 5.32 Å². The molecule has 1 aliphatic heterocycles. The van der Waals surface area contributed by atoms with Crippen LogP contribution < -0.4 is 5.32 Å². The Morgan fingerprint density at radius 3 is 3.06 bits per heavy atom. The van der Waals surface area contributed by atoms with Crippen LogP contribution in [0.3, 0.4) is 0 Å². The summed E-state index contributed by atoms with van der Waals surface area (Å²) in [5.74, 6) is 1.21. The smallest absolute Gasteiger partial charge is 0.0594 e. The van der Waals surface area contributed by atoms with Gasteiger partial charge in [-0.05, 0) is 37.7 Å². The Kier molecular flexibility index (Phi) is 4.89. The molecular formula is C14H21NOS. The largest absolute Gasteiger partial charge is 0.377 e. The normalized spacial score (nSPS) is 19.4. The van der Waals surface area contributed by atoms with Crippen molar-refractivity contribution in [3.8, 4) is 0 Å². The maximum absolute atomic E-state index is 5.55. The van der Waals surface area contributed by atoms with E-state index in [0.29, 0.717) is 12.1 Å². The van der Waals surface area contributed by atoms with Crippen LogP contribution in [-0.4, -0.2) is 25.0 Å². The first-order valence-corrected chi connectivity index (χ1v) is 7.32. The zero-order valence-corrected chi connectivity index (χ0v) is 11.4. The van der Waals surface area contributed by atoms with Crippen molar-refractivity contribution in [2.45, 2.75) is 37.3 Å². The number of rotatable bonds is 5. The average Bonchev–Trinajstić information content (AvgIpc) is 2.34. The highest BCUT2D eigenvalue weighted by Gasteiger charge is 2.19. The second kappa shape index (κ2) is 6.43. The van der Waals surface area contributed by atoms with Crippen molar-refractivity contribution in [2.75, 3.05) is 18.9 Å². The second-order valence-electron chi connectivity index (χ2n) is 4.60.